The second kappa shape index (κ2) is 6.01. The molecule has 0 aromatic heterocycles. The molecule has 1 amide bonds. The fourth-order valence-corrected chi connectivity index (χ4v) is 2.64. The standard InChI is InChI=1S/C15H22N2O/c1-2-11-5-3-7-13(9-11)17-15(18)10-12-6-4-8-14(12)16/h3,5,7,9,12,14H,2,4,6,8,10,16H2,1H3,(H,17,18)/t12-,14+/m0/s1. The van der Waals surface area contributed by atoms with Crippen molar-refractivity contribution in [3.8, 4) is 0 Å². The molecule has 3 nitrogen and oxygen atoms in total. The highest BCUT2D eigenvalue weighted by molar-refractivity contribution is 5.91. The Morgan fingerprint density at radius 1 is 1.44 bits per heavy atom. The molecule has 1 saturated carbocycles. The van der Waals surface area contributed by atoms with E-state index in [4.69, 9.17) is 5.73 Å². The summed E-state index contributed by atoms with van der Waals surface area (Å²) in [5, 5.41) is 2.97. The van der Waals surface area contributed by atoms with Crippen LogP contribution in [0.2, 0.25) is 0 Å². The first kappa shape index (κ1) is 13.1. The number of anilines is 1. The summed E-state index contributed by atoms with van der Waals surface area (Å²) in [5.74, 6) is 0.449. The molecule has 0 spiro atoms. The molecule has 2 rings (SSSR count). The molecule has 0 saturated heterocycles. The Labute approximate surface area is 109 Å². The number of nitrogens with one attached hydrogen (secondary N) is 1. The topological polar surface area (TPSA) is 55.1 Å². The Balaban J connectivity index is 1.90. The second-order valence-electron chi connectivity index (χ2n) is 5.16. The minimum atomic E-state index is 0.0885. The van der Waals surface area contributed by atoms with Crippen LogP contribution in [0.15, 0.2) is 24.3 Å². The van der Waals surface area contributed by atoms with Gasteiger partial charge in [0, 0.05) is 18.2 Å². The summed E-state index contributed by atoms with van der Waals surface area (Å²) >= 11 is 0. The van der Waals surface area contributed by atoms with Gasteiger partial charge in [0.1, 0.15) is 0 Å². The fourth-order valence-electron chi connectivity index (χ4n) is 2.64. The number of hydrogen-bond acceptors (Lipinski definition) is 2. The maximum Gasteiger partial charge on any atom is 0.224 e. The fraction of sp³-hybridized carbons (Fsp3) is 0.533. The molecule has 0 aliphatic heterocycles. The summed E-state index contributed by atoms with van der Waals surface area (Å²) in [6, 6.07) is 8.23. The average molecular weight is 246 g/mol. The number of hydrogen-bond donors (Lipinski definition) is 2. The van der Waals surface area contributed by atoms with E-state index in [-0.39, 0.29) is 11.9 Å². The van der Waals surface area contributed by atoms with E-state index >= 15 is 0 Å². The van der Waals surface area contributed by atoms with Crippen molar-refractivity contribution in [3.05, 3.63) is 29.8 Å². The Morgan fingerprint density at radius 3 is 2.94 bits per heavy atom. The van der Waals surface area contributed by atoms with Gasteiger partial charge in [-0.1, -0.05) is 25.5 Å². The van der Waals surface area contributed by atoms with Crippen molar-refractivity contribution in [2.75, 3.05) is 5.32 Å². The van der Waals surface area contributed by atoms with Crippen molar-refractivity contribution in [3.63, 3.8) is 0 Å². The first-order chi connectivity index (χ1) is 8.69. The Morgan fingerprint density at radius 2 is 2.28 bits per heavy atom. The monoisotopic (exact) mass is 246 g/mol. The van der Waals surface area contributed by atoms with Crippen LogP contribution in [0, 0.1) is 5.92 Å². The van der Waals surface area contributed by atoms with E-state index < -0.39 is 0 Å². The van der Waals surface area contributed by atoms with Crippen LogP contribution in [-0.2, 0) is 11.2 Å². The van der Waals surface area contributed by atoms with Crippen LogP contribution < -0.4 is 11.1 Å². The van der Waals surface area contributed by atoms with Crippen LogP contribution in [0.1, 0.15) is 38.2 Å². The minimum absolute atomic E-state index is 0.0885. The molecule has 1 aliphatic carbocycles. The molecule has 1 aromatic rings. The molecule has 1 fully saturated rings. The van der Waals surface area contributed by atoms with Gasteiger partial charge in [0.25, 0.3) is 0 Å². The highest BCUT2D eigenvalue weighted by atomic mass is 16.1. The summed E-state index contributed by atoms with van der Waals surface area (Å²) in [5.41, 5.74) is 8.12. The van der Waals surface area contributed by atoms with Gasteiger partial charge in [-0.2, -0.15) is 0 Å². The summed E-state index contributed by atoms with van der Waals surface area (Å²) in [4.78, 5) is 11.9. The van der Waals surface area contributed by atoms with Crippen LogP contribution in [-0.4, -0.2) is 11.9 Å². The zero-order valence-electron chi connectivity index (χ0n) is 11.0. The van der Waals surface area contributed by atoms with Crippen molar-refractivity contribution in [2.24, 2.45) is 11.7 Å². The van der Waals surface area contributed by atoms with Crippen LogP contribution in [0.4, 0.5) is 5.69 Å². The third-order valence-corrected chi connectivity index (χ3v) is 3.78. The lowest BCUT2D eigenvalue weighted by molar-refractivity contribution is -0.117. The largest absolute Gasteiger partial charge is 0.327 e. The molecular formula is C15H22N2O. The van der Waals surface area contributed by atoms with Gasteiger partial charge in [0.15, 0.2) is 0 Å². The second-order valence-corrected chi connectivity index (χ2v) is 5.16. The normalized spacial score (nSPS) is 23.0. The SMILES string of the molecule is CCc1cccc(NC(=O)C[C@@H]2CCC[C@H]2N)c1. The molecule has 3 heteroatoms. The molecule has 0 bridgehead atoms. The molecule has 3 N–H and O–H groups in total. The lowest BCUT2D eigenvalue weighted by Gasteiger charge is -2.15. The van der Waals surface area contributed by atoms with Gasteiger partial charge < -0.3 is 11.1 Å². The van der Waals surface area contributed by atoms with E-state index in [0.29, 0.717) is 12.3 Å². The van der Waals surface area contributed by atoms with Crippen LogP contribution in [0.25, 0.3) is 0 Å². The van der Waals surface area contributed by atoms with Crippen molar-refractivity contribution in [1.29, 1.82) is 0 Å². The molecule has 1 aliphatic rings. The van der Waals surface area contributed by atoms with Gasteiger partial charge >= 0.3 is 0 Å². The number of carbonyl (C=O) groups is 1. The van der Waals surface area contributed by atoms with E-state index in [1.54, 1.807) is 0 Å². The molecule has 0 radical (unpaired) electrons. The summed E-state index contributed by atoms with van der Waals surface area (Å²) in [6.45, 7) is 2.11. The van der Waals surface area contributed by atoms with Crippen molar-refractivity contribution < 1.29 is 4.79 Å². The van der Waals surface area contributed by atoms with Crippen LogP contribution in [0.5, 0.6) is 0 Å². The summed E-state index contributed by atoms with van der Waals surface area (Å²) in [6.07, 6.45) is 4.84. The lowest BCUT2D eigenvalue weighted by Crippen LogP contribution is -2.28. The number of nitrogens with two attached hydrogens (primary N) is 1. The third kappa shape index (κ3) is 3.33. The highest BCUT2D eigenvalue weighted by Crippen LogP contribution is 2.27. The van der Waals surface area contributed by atoms with Gasteiger partial charge in [-0.15, -0.1) is 0 Å². The number of carbonyl (C=O) groups excluding carboxylic acids is 1. The van der Waals surface area contributed by atoms with E-state index in [2.05, 4.69) is 18.3 Å². The van der Waals surface area contributed by atoms with E-state index in [9.17, 15) is 4.79 Å². The molecule has 1 aromatic carbocycles. The molecule has 18 heavy (non-hydrogen) atoms. The highest BCUT2D eigenvalue weighted by Gasteiger charge is 2.25. The molecule has 0 heterocycles. The van der Waals surface area contributed by atoms with E-state index in [0.717, 1.165) is 31.4 Å². The zero-order valence-corrected chi connectivity index (χ0v) is 11.0. The van der Waals surface area contributed by atoms with Gasteiger partial charge in [-0.3, -0.25) is 4.79 Å². The van der Waals surface area contributed by atoms with E-state index in [1.165, 1.54) is 5.56 Å². The molecule has 98 valence electrons. The number of amides is 1. The van der Waals surface area contributed by atoms with Crippen molar-refractivity contribution in [1.82, 2.24) is 0 Å². The predicted molar refractivity (Wildman–Crippen MR) is 74.4 cm³/mol. The van der Waals surface area contributed by atoms with Gasteiger partial charge in [-0.25, -0.2) is 0 Å². The Bertz CT molecular complexity index is 417. The Hall–Kier alpha value is -1.35. The maximum atomic E-state index is 11.9. The van der Waals surface area contributed by atoms with Crippen LogP contribution in [0.3, 0.4) is 0 Å². The molecular weight excluding hydrogens is 224 g/mol. The zero-order chi connectivity index (χ0) is 13.0. The molecule has 0 unspecified atom stereocenters. The van der Waals surface area contributed by atoms with Gasteiger partial charge in [0.2, 0.25) is 5.91 Å². The third-order valence-electron chi connectivity index (χ3n) is 3.78. The van der Waals surface area contributed by atoms with Crippen LogP contribution >= 0.6 is 0 Å². The Kier molecular flexibility index (Phi) is 4.37. The predicted octanol–water partition coefficient (Wildman–Crippen LogP) is 2.71. The first-order valence-electron chi connectivity index (χ1n) is 6.83. The number of benzene rings is 1. The quantitative estimate of drug-likeness (QED) is 0.858. The average Bonchev–Trinajstić information content (AvgIpc) is 2.75. The van der Waals surface area contributed by atoms with E-state index in [1.807, 2.05) is 18.2 Å². The first-order valence-corrected chi connectivity index (χ1v) is 6.83. The number of aryl methyl sites for hydroxylation is 1. The lowest BCUT2D eigenvalue weighted by atomic mass is 10.00. The molecule has 2 atom stereocenters. The van der Waals surface area contributed by atoms with Gasteiger partial charge in [-0.05, 0) is 42.9 Å². The summed E-state index contributed by atoms with van der Waals surface area (Å²) in [7, 11) is 0. The van der Waals surface area contributed by atoms with Gasteiger partial charge in [0.05, 0.1) is 0 Å². The summed E-state index contributed by atoms with van der Waals surface area (Å²) < 4.78 is 0. The maximum absolute atomic E-state index is 11.9. The van der Waals surface area contributed by atoms with Crippen molar-refractivity contribution >= 4 is 11.6 Å². The number of rotatable bonds is 4. The smallest absolute Gasteiger partial charge is 0.224 e. The van der Waals surface area contributed by atoms with Crippen molar-refractivity contribution in [2.45, 2.75) is 45.1 Å². The minimum Gasteiger partial charge on any atom is -0.327 e.